The summed E-state index contributed by atoms with van der Waals surface area (Å²) in [5.74, 6) is -0.497. The van der Waals surface area contributed by atoms with Gasteiger partial charge in [0.1, 0.15) is 9.84 Å². The summed E-state index contributed by atoms with van der Waals surface area (Å²) in [5, 5.41) is 3.29. The maximum atomic E-state index is 11.9. The van der Waals surface area contributed by atoms with Crippen LogP contribution in [0.1, 0.15) is 24.9 Å². The van der Waals surface area contributed by atoms with Crippen molar-refractivity contribution in [1.29, 1.82) is 0 Å². The highest BCUT2D eigenvalue weighted by Gasteiger charge is 2.19. The topological polar surface area (TPSA) is 89.3 Å². The molecule has 0 spiro atoms. The molecular formula is C13H19ClN2O3S. The normalized spacial score (nSPS) is 14.6. The van der Waals surface area contributed by atoms with Gasteiger partial charge in [0.05, 0.1) is 17.8 Å². The van der Waals surface area contributed by atoms with Crippen LogP contribution >= 0.6 is 11.6 Å². The van der Waals surface area contributed by atoms with Gasteiger partial charge in [-0.1, -0.05) is 29.8 Å². The summed E-state index contributed by atoms with van der Waals surface area (Å²) in [7, 11) is -3.12. The van der Waals surface area contributed by atoms with E-state index in [2.05, 4.69) is 5.32 Å². The number of rotatable bonds is 6. The van der Waals surface area contributed by atoms with Crippen molar-refractivity contribution in [3.05, 3.63) is 34.9 Å². The molecule has 3 N–H and O–H groups in total. The van der Waals surface area contributed by atoms with Crippen LogP contribution in [-0.2, 0) is 14.6 Å². The molecule has 1 unspecified atom stereocenters. The predicted octanol–water partition coefficient (Wildman–Crippen LogP) is 1.28. The molecule has 5 nitrogen and oxygen atoms in total. The summed E-state index contributed by atoms with van der Waals surface area (Å²) in [4.78, 5) is 11.9. The Kier molecular flexibility index (Phi) is 5.98. The van der Waals surface area contributed by atoms with Crippen molar-refractivity contribution in [2.24, 2.45) is 5.73 Å². The molecule has 112 valence electrons. The van der Waals surface area contributed by atoms with E-state index in [0.29, 0.717) is 5.02 Å². The minimum absolute atomic E-state index is 0.0971. The van der Waals surface area contributed by atoms with Crippen LogP contribution in [0.2, 0.25) is 5.02 Å². The second-order valence-electron chi connectivity index (χ2n) is 4.78. The molecule has 0 saturated carbocycles. The van der Waals surface area contributed by atoms with Gasteiger partial charge in [-0.3, -0.25) is 4.79 Å². The van der Waals surface area contributed by atoms with E-state index in [0.717, 1.165) is 11.8 Å². The largest absolute Gasteiger partial charge is 0.348 e. The molecule has 2 atom stereocenters. The van der Waals surface area contributed by atoms with Gasteiger partial charge in [-0.25, -0.2) is 8.42 Å². The molecule has 0 radical (unpaired) electrons. The number of nitrogens with one attached hydrogen (secondary N) is 1. The Morgan fingerprint density at radius 2 is 2.00 bits per heavy atom. The average Bonchev–Trinajstić information content (AvgIpc) is 2.35. The van der Waals surface area contributed by atoms with Gasteiger partial charge in [-0.15, -0.1) is 0 Å². The molecule has 1 aromatic rings. The van der Waals surface area contributed by atoms with Gasteiger partial charge in [0.15, 0.2) is 0 Å². The number of hydrogen-bond donors (Lipinski definition) is 2. The van der Waals surface area contributed by atoms with E-state index >= 15 is 0 Å². The maximum absolute atomic E-state index is 11.9. The van der Waals surface area contributed by atoms with Crippen LogP contribution in [0.25, 0.3) is 0 Å². The fourth-order valence-corrected chi connectivity index (χ4v) is 2.68. The average molecular weight is 319 g/mol. The molecule has 7 heteroatoms. The number of halogens is 1. The second-order valence-corrected chi connectivity index (χ2v) is 7.44. The Balaban J connectivity index is 2.60. The lowest BCUT2D eigenvalue weighted by molar-refractivity contribution is -0.123. The Morgan fingerprint density at radius 1 is 1.40 bits per heavy atom. The SMILES string of the molecule is C[C@H](NC(=O)C(N)CCS(C)(=O)=O)c1ccccc1Cl. The smallest absolute Gasteiger partial charge is 0.237 e. The molecule has 1 amide bonds. The summed E-state index contributed by atoms with van der Waals surface area (Å²) < 4.78 is 22.1. The minimum Gasteiger partial charge on any atom is -0.348 e. The van der Waals surface area contributed by atoms with Crippen molar-refractivity contribution >= 4 is 27.3 Å². The summed E-state index contributed by atoms with van der Waals surface area (Å²) in [6, 6.07) is 6.04. The Bertz CT molecular complexity index is 575. The number of carbonyl (C=O) groups excluding carboxylic acids is 1. The third kappa shape index (κ3) is 5.48. The van der Waals surface area contributed by atoms with Crippen LogP contribution < -0.4 is 11.1 Å². The lowest BCUT2D eigenvalue weighted by Crippen LogP contribution is -2.42. The highest BCUT2D eigenvalue weighted by Crippen LogP contribution is 2.22. The number of amides is 1. The van der Waals surface area contributed by atoms with Gasteiger partial charge < -0.3 is 11.1 Å². The van der Waals surface area contributed by atoms with E-state index in [1.165, 1.54) is 0 Å². The fraction of sp³-hybridized carbons (Fsp3) is 0.462. The number of sulfone groups is 1. The first-order valence-electron chi connectivity index (χ1n) is 6.19. The van der Waals surface area contributed by atoms with E-state index in [1.807, 2.05) is 12.1 Å². The molecule has 0 bridgehead atoms. The Morgan fingerprint density at radius 3 is 2.55 bits per heavy atom. The molecule has 0 fully saturated rings. The van der Waals surface area contributed by atoms with Crippen molar-refractivity contribution in [3.63, 3.8) is 0 Å². The van der Waals surface area contributed by atoms with Crippen molar-refractivity contribution in [3.8, 4) is 0 Å². The zero-order valence-corrected chi connectivity index (χ0v) is 13.0. The zero-order chi connectivity index (χ0) is 15.3. The van der Waals surface area contributed by atoms with Crippen molar-refractivity contribution in [2.45, 2.75) is 25.4 Å². The monoisotopic (exact) mass is 318 g/mol. The highest BCUT2D eigenvalue weighted by atomic mass is 35.5. The van der Waals surface area contributed by atoms with Crippen LogP contribution in [0, 0.1) is 0 Å². The first kappa shape index (κ1) is 16.9. The van der Waals surface area contributed by atoms with Gasteiger partial charge in [0, 0.05) is 11.3 Å². The molecule has 0 saturated heterocycles. The van der Waals surface area contributed by atoms with Crippen LogP contribution in [0.4, 0.5) is 0 Å². The van der Waals surface area contributed by atoms with Gasteiger partial charge >= 0.3 is 0 Å². The highest BCUT2D eigenvalue weighted by molar-refractivity contribution is 7.90. The van der Waals surface area contributed by atoms with Crippen LogP contribution in [0.5, 0.6) is 0 Å². The van der Waals surface area contributed by atoms with Crippen LogP contribution in [-0.4, -0.2) is 32.4 Å². The minimum atomic E-state index is -3.12. The third-order valence-electron chi connectivity index (χ3n) is 2.87. The molecule has 0 aromatic heterocycles. The molecule has 0 aliphatic carbocycles. The van der Waals surface area contributed by atoms with E-state index in [4.69, 9.17) is 17.3 Å². The molecular weight excluding hydrogens is 300 g/mol. The van der Waals surface area contributed by atoms with E-state index in [9.17, 15) is 13.2 Å². The summed E-state index contributed by atoms with van der Waals surface area (Å²) in [6.07, 6.45) is 1.21. The molecule has 0 aliphatic heterocycles. The maximum Gasteiger partial charge on any atom is 0.237 e. The van der Waals surface area contributed by atoms with Crippen molar-refractivity contribution < 1.29 is 13.2 Å². The molecule has 0 heterocycles. The quantitative estimate of drug-likeness (QED) is 0.827. The third-order valence-corrected chi connectivity index (χ3v) is 4.19. The van der Waals surface area contributed by atoms with E-state index in [1.54, 1.807) is 19.1 Å². The fourth-order valence-electron chi connectivity index (χ4n) is 1.70. The zero-order valence-electron chi connectivity index (χ0n) is 11.5. The van der Waals surface area contributed by atoms with Gasteiger partial charge in [-0.2, -0.15) is 0 Å². The van der Waals surface area contributed by atoms with Crippen LogP contribution in [0.3, 0.4) is 0 Å². The summed E-state index contributed by atoms with van der Waals surface area (Å²) in [5.41, 5.74) is 6.47. The number of hydrogen-bond acceptors (Lipinski definition) is 4. The molecule has 0 aliphatic rings. The van der Waals surface area contributed by atoms with Crippen molar-refractivity contribution in [1.82, 2.24) is 5.32 Å². The number of carbonyl (C=O) groups is 1. The summed E-state index contributed by atoms with van der Waals surface area (Å²) in [6.45, 7) is 1.79. The van der Waals surface area contributed by atoms with Gasteiger partial charge in [-0.05, 0) is 25.0 Å². The second kappa shape index (κ2) is 7.06. The first-order chi connectivity index (χ1) is 9.20. The summed E-state index contributed by atoms with van der Waals surface area (Å²) >= 11 is 6.04. The predicted molar refractivity (Wildman–Crippen MR) is 80.3 cm³/mol. The molecule has 20 heavy (non-hydrogen) atoms. The lowest BCUT2D eigenvalue weighted by Gasteiger charge is -2.18. The Hall–Kier alpha value is -1.11. The van der Waals surface area contributed by atoms with Crippen molar-refractivity contribution in [2.75, 3.05) is 12.0 Å². The van der Waals surface area contributed by atoms with Gasteiger partial charge in [0.2, 0.25) is 5.91 Å². The standard InChI is InChI=1S/C13H19ClN2O3S/c1-9(10-5-3-4-6-11(10)14)16-13(17)12(15)7-8-20(2,18)19/h3-6,9,12H,7-8,15H2,1-2H3,(H,16,17)/t9-,12?/m0/s1. The Labute approximate surface area is 124 Å². The molecule has 1 rings (SSSR count). The first-order valence-corrected chi connectivity index (χ1v) is 8.62. The van der Waals surface area contributed by atoms with Gasteiger partial charge in [0.25, 0.3) is 0 Å². The number of nitrogens with two attached hydrogens (primary N) is 1. The van der Waals surface area contributed by atoms with Crippen LogP contribution in [0.15, 0.2) is 24.3 Å². The number of benzene rings is 1. The van der Waals surface area contributed by atoms with E-state index in [-0.39, 0.29) is 24.1 Å². The lowest BCUT2D eigenvalue weighted by atomic mass is 10.1. The molecule has 1 aromatic carbocycles. The van der Waals surface area contributed by atoms with E-state index < -0.39 is 15.9 Å².